The number of hydrogen-bond donors (Lipinski definition) is 2. The Labute approximate surface area is 139 Å². The SMILES string of the molecule is Cc1[nH]ncc1CCCN[C@@H]1CCCOc2c(Br)cccc21. The zero-order chi connectivity index (χ0) is 15.4. The molecular weight excluding hydrogens is 342 g/mol. The molecule has 0 saturated carbocycles. The van der Waals surface area contributed by atoms with Gasteiger partial charge in [-0.2, -0.15) is 5.10 Å². The summed E-state index contributed by atoms with van der Waals surface area (Å²) in [5.41, 5.74) is 3.76. The number of hydrogen-bond acceptors (Lipinski definition) is 3. The molecule has 2 N–H and O–H groups in total. The van der Waals surface area contributed by atoms with Gasteiger partial charge in [0.25, 0.3) is 0 Å². The molecule has 2 heterocycles. The van der Waals surface area contributed by atoms with E-state index < -0.39 is 0 Å². The van der Waals surface area contributed by atoms with Gasteiger partial charge < -0.3 is 10.1 Å². The van der Waals surface area contributed by atoms with Crippen molar-refractivity contribution in [2.75, 3.05) is 13.2 Å². The zero-order valence-corrected chi connectivity index (χ0v) is 14.4. The number of fused-ring (bicyclic) bond motifs is 1. The molecular formula is C17H22BrN3O. The standard InChI is InChI=1S/C17H22BrN3O/c1-12-13(11-20-21-12)5-3-9-19-16-8-4-10-22-17-14(16)6-2-7-15(17)18/h2,6-7,11,16,19H,3-5,8-10H2,1H3,(H,20,21)/t16-/m1/s1. The van der Waals surface area contributed by atoms with E-state index in [2.05, 4.69) is 50.5 Å². The summed E-state index contributed by atoms with van der Waals surface area (Å²) in [4.78, 5) is 0. The van der Waals surface area contributed by atoms with Crippen LogP contribution in [0.25, 0.3) is 0 Å². The summed E-state index contributed by atoms with van der Waals surface area (Å²) < 4.78 is 6.94. The fraction of sp³-hybridized carbons (Fsp3) is 0.471. The van der Waals surface area contributed by atoms with E-state index in [1.807, 2.05) is 12.3 Å². The zero-order valence-electron chi connectivity index (χ0n) is 12.9. The highest BCUT2D eigenvalue weighted by molar-refractivity contribution is 9.10. The Morgan fingerprint density at radius 3 is 3.18 bits per heavy atom. The summed E-state index contributed by atoms with van der Waals surface area (Å²) in [7, 11) is 0. The van der Waals surface area contributed by atoms with E-state index in [1.165, 1.54) is 16.8 Å². The molecule has 5 heteroatoms. The number of aromatic amines is 1. The van der Waals surface area contributed by atoms with Crippen molar-refractivity contribution in [1.82, 2.24) is 15.5 Å². The van der Waals surface area contributed by atoms with Crippen molar-refractivity contribution in [3.05, 3.63) is 45.7 Å². The number of aryl methyl sites for hydroxylation is 2. The van der Waals surface area contributed by atoms with E-state index in [0.29, 0.717) is 6.04 Å². The van der Waals surface area contributed by atoms with Gasteiger partial charge in [0.05, 0.1) is 17.3 Å². The first-order valence-electron chi connectivity index (χ1n) is 7.89. The van der Waals surface area contributed by atoms with Crippen LogP contribution in [-0.4, -0.2) is 23.3 Å². The predicted octanol–water partition coefficient (Wildman–Crippen LogP) is 3.92. The lowest BCUT2D eigenvalue weighted by Gasteiger charge is -2.19. The van der Waals surface area contributed by atoms with Gasteiger partial charge in [0, 0.05) is 17.3 Å². The van der Waals surface area contributed by atoms with Crippen LogP contribution in [0, 0.1) is 6.92 Å². The molecule has 1 aromatic heterocycles. The maximum Gasteiger partial charge on any atom is 0.138 e. The number of ether oxygens (including phenoxy) is 1. The van der Waals surface area contributed by atoms with Gasteiger partial charge >= 0.3 is 0 Å². The number of halogens is 1. The van der Waals surface area contributed by atoms with E-state index in [9.17, 15) is 0 Å². The minimum absolute atomic E-state index is 0.375. The topological polar surface area (TPSA) is 49.9 Å². The molecule has 0 amide bonds. The van der Waals surface area contributed by atoms with Crippen LogP contribution in [-0.2, 0) is 6.42 Å². The molecule has 0 bridgehead atoms. The third-order valence-electron chi connectivity index (χ3n) is 4.20. The molecule has 1 atom stereocenters. The van der Waals surface area contributed by atoms with Crippen molar-refractivity contribution >= 4 is 15.9 Å². The maximum absolute atomic E-state index is 5.89. The molecule has 0 unspecified atom stereocenters. The van der Waals surface area contributed by atoms with Gasteiger partial charge in [-0.15, -0.1) is 0 Å². The number of aromatic nitrogens is 2. The molecule has 0 spiro atoms. The minimum atomic E-state index is 0.375. The lowest BCUT2D eigenvalue weighted by atomic mass is 10.0. The highest BCUT2D eigenvalue weighted by atomic mass is 79.9. The Hall–Kier alpha value is -1.33. The van der Waals surface area contributed by atoms with Crippen molar-refractivity contribution < 1.29 is 4.74 Å². The number of nitrogens with zero attached hydrogens (tertiary/aromatic N) is 1. The number of H-pyrrole nitrogens is 1. The van der Waals surface area contributed by atoms with Crippen LogP contribution in [0.4, 0.5) is 0 Å². The van der Waals surface area contributed by atoms with E-state index in [0.717, 1.165) is 49.1 Å². The third-order valence-corrected chi connectivity index (χ3v) is 4.83. The Morgan fingerprint density at radius 1 is 1.45 bits per heavy atom. The summed E-state index contributed by atoms with van der Waals surface area (Å²) in [6, 6.07) is 6.67. The largest absolute Gasteiger partial charge is 0.492 e. The van der Waals surface area contributed by atoms with Crippen LogP contribution in [0.15, 0.2) is 28.9 Å². The average Bonchev–Trinajstić information content (AvgIpc) is 2.80. The van der Waals surface area contributed by atoms with Gasteiger partial charge in [-0.05, 0) is 66.7 Å². The van der Waals surface area contributed by atoms with Crippen molar-refractivity contribution in [3.8, 4) is 5.75 Å². The minimum Gasteiger partial charge on any atom is -0.492 e. The van der Waals surface area contributed by atoms with Crippen molar-refractivity contribution in [1.29, 1.82) is 0 Å². The number of rotatable bonds is 5. The predicted molar refractivity (Wildman–Crippen MR) is 91.3 cm³/mol. The molecule has 3 rings (SSSR count). The molecule has 0 aliphatic carbocycles. The van der Waals surface area contributed by atoms with Crippen LogP contribution in [0.1, 0.15) is 42.1 Å². The van der Waals surface area contributed by atoms with Crippen molar-refractivity contribution in [2.24, 2.45) is 0 Å². The molecule has 118 valence electrons. The number of nitrogens with one attached hydrogen (secondary N) is 2. The van der Waals surface area contributed by atoms with Gasteiger partial charge in [-0.1, -0.05) is 12.1 Å². The Bertz CT molecular complexity index is 626. The molecule has 22 heavy (non-hydrogen) atoms. The van der Waals surface area contributed by atoms with E-state index in [4.69, 9.17) is 4.74 Å². The Morgan fingerprint density at radius 2 is 2.36 bits per heavy atom. The van der Waals surface area contributed by atoms with Crippen molar-refractivity contribution in [3.63, 3.8) is 0 Å². The first kappa shape index (κ1) is 15.6. The van der Waals surface area contributed by atoms with Gasteiger partial charge in [0.1, 0.15) is 5.75 Å². The van der Waals surface area contributed by atoms with Gasteiger partial charge in [-0.3, -0.25) is 5.10 Å². The second-order valence-corrected chi connectivity index (χ2v) is 6.63. The van der Waals surface area contributed by atoms with Crippen molar-refractivity contribution in [2.45, 2.75) is 38.6 Å². The Balaban J connectivity index is 1.59. The highest BCUT2D eigenvalue weighted by Crippen LogP contribution is 2.36. The van der Waals surface area contributed by atoms with E-state index >= 15 is 0 Å². The first-order chi connectivity index (χ1) is 10.8. The summed E-state index contributed by atoms with van der Waals surface area (Å²) >= 11 is 3.60. The molecule has 2 aromatic rings. The van der Waals surface area contributed by atoms with Crippen LogP contribution >= 0.6 is 15.9 Å². The second-order valence-electron chi connectivity index (χ2n) is 5.78. The molecule has 0 fully saturated rings. The molecule has 4 nitrogen and oxygen atoms in total. The molecule has 1 aliphatic heterocycles. The van der Waals surface area contributed by atoms with Crippen LogP contribution < -0.4 is 10.1 Å². The normalized spacial score (nSPS) is 17.6. The lowest BCUT2D eigenvalue weighted by molar-refractivity contribution is 0.313. The van der Waals surface area contributed by atoms with Gasteiger partial charge in [-0.25, -0.2) is 0 Å². The number of para-hydroxylation sites is 1. The van der Waals surface area contributed by atoms with Gasteiger partial charge in [0.15, 0.2) is 0 Å². The fourth-order valence-corrected chi connectivity index (χ4v) is 3.46. The Kier molecular flexibility index (Phi) is 5.16. The van der Waals surface area contributed by atoms with E-state index in [1.54, 1.807) is 0 Å². The molecule has 1 aromatic carbocycles. The second kappa shape index (κ2) is 7.29. The average molecular weight is 364 g/mol. The van der Waals surface area contributed by atoms with Crippen LogP contribution in [0.5, 0.6) is 5.75 Å². The van der Waals surface area contributed by atoms with Crippen LogP contribution in [0.3, 0.4) is 0 Å². The maximum atomic E-state index is 5.89. The smallest absolute Gasteiger partial charge is 0.138 e. The molecule has 0 radical (unpaired) electrons. The first-order valence-corrected chi connectivity index (χ1v) is 8.68. The lowest BCUT2D eigenvalue weighted by Crippen LogP contribution is -2.22. The van der Waals surface area contributed by atoms with E-state index in [-0.39, 0.29) is 0 Å². The summed E-state index contributed by atoms with van der Waals surface area (Å²) in [6.07, 6.45) is 6.31. The summed E-state index contributed by atoms with van der Waals surface area (Å²) in [6.45, 7) is 3.87. The third kappa shape index (κ3) is 3.52. The monoisotopic (exact) mass is 363 g/mol. The molecule has 1 aliphatic rings. The fourth-order valence-electron chi connectivity index (χ4n) is 2.96. The van der Waals surface area contributed by atoms with Gasteiger partial charge in [0.2, 0.25) is 0 Å². The summed E-state index contributed by atoms with van der Waals surface area (Å²) in [5.74, 6) is 1.00. The highest BCUT2D eigenvalue weighted by Gasteiger charge is 2.20. The molecule has 0 saturated heterocycles. The quantitative estimate of drug-likeness (QED) is 0.791. The summed E-state index contributed by atoms with van der Waals surface area (Å²) in [5, 5.41) is 10.8. The van der Waals surface area contributed by atoms with Crippen LogP contribution in [0.2, 0.25) is 0 Å². The number of benzene rings is 1.